The topological polar surface area (TPSA) is 129 Å². The summed E-state index contributed by atoms with van der Waals surface area (Å²) in [5.41, 5.74) is 0. The van der Waals surface area contributed by atoms with Gasteiger partial charge in [-0.3, -0.25) is 9.59 Å². The van der Waals surface area contributed by atoms with Crippen molar-refractivity contribution in [3.63, 3.8) is 0 Å². The molecule has 0 aromatic rings. The summed E-state index contributed by atoms with van der Waals surface area (Å²) in [6.45, 7) is -1.69. The van der Waals surface area contributed by atoms with Gasteiger partial charge in [-0.05, 0) is 0 Å². The lowest BCUT2D eigenvalue weighted by Crippen LogP contribution is -2.69. The molecule has 0 radical (unpaired) electrons. The van der Waals surface area contributed by atoms with E-state index < -0.39 is 60.3 Å². The fourth-order valence-corrected chi connectivity index (χ4v) is 1.89. The Bertz CT molecular complexity index is 472. The zero-order valence-electron chi connectivity index (χ0n) is 10.2. The summed E-state index contributed by atoms with van der Waals surface area (Å²) < 4.78 is -1.11. The summed E-state index contributed by atoms with van der Waals surface area (Å²) >= 11 is 0. The lowest BCUT2D eigenvalue weighted by molar-refractivity contribution is -0.765. The van der Waals surface area contributed by atoms with Crippen LogP contribution in [-0.2, 0) is 24.0 Å². The third-order valence-corrected chi connectivity index (χ3v) is 2.90. The first-order valence-electron chi connectivity index (χ1n) is 5.32. The zero-order chi connectivity index (χ0) is 14.8. The van der Waals surface area contributed by atoms with Crippen molar-refractivity contribution >= 4 is 29.7 Å². The third kappa shape index (κ3) is 2.94. The molecule has 9 nitrogen and oxygen atoms in total. The molecule has 1 heterocycles. The van der Waals surface area contributed by atoms with Gasteiger partial charge >= 0.3 is 23.8 Å². The lowest BCUT2D eigenvalue weighted by Gasteiger charge is -2.37. The second-order valence-corrected chi connectivity index (χ2v) is 4.23. The molecule has 0 saturated carbocycles. The largest absolute Gasteiger partial charge is 0.480 e. The highest BCUT2D eigenvalue weighted by molar-refractivity contribution is 5.96. The molecule has 0 spiro atoms. The predicted octanol–water partition coefficient (Wildman–Crippen LogP) is -2.11. The van der Waals surface area contributed by atoms with Crippen molar-refractivity contribution in [2.75, 3.05) is 26.2 Å². The van der Waals surface area contributed by atoms with Crippen molar-refractivity contribution in [2.45, 2.75) is 6.92 Å². The minimum absolute atomic E-state index is 0.585. The third-order valence-electron chi connectivity index (χ3n) is 2.90. The predicted molar refractivity (Wildman–Crippen MR) is 57.5 cm³/mol. The zero-order valence-corrected chi connectivity index (χ0v) is 10.2. The molecule has 2 N–H and O–H groups in total. The SMILES string of the molecule is CC(=O)[N+]1(CC(=O)O)CC(=O)N(CC(=O)O)CC1=O. The van der Waals surface area contributed by atoms with Crippen LogP contribution in [-0.4, -0.2) is 75.4 Å². The highest BCUT2D eigenvalue weighted by Crippen LogP contribution is 2.16. The van der Waals surface area contributed by atoms with Crippen molar-refractivity contribution in [2.24, 2.45) is 0 Å². The van der Waals surface area contributed by atoms with Gasteiger partial charge in [-0.2, -0.15) is 4.48 Å². The molecule has 1 aliphatic rings. The van der Waals surface area contributed by atoms with Gasteiger partial charge in [0.2, 0.25) is 0 Å². The lowest BCUT2D eigenvalue weighted by atomic mass is 10.2. The van der Waals surface area contributed by atoms with Crippen LogP contribution in [0.1, 0.15) is 6.92 Å². The Morgan fingerprint density at radius 2 is 1.79 bits per heavy atom. The Labute approximate surface area is 107 Å². The molecule has 1 unspecified atom stereocenters. The monoisotopic (exact) mass is 273 g/mol. The highest BCUT2D eigenvalue weighted by Gasteiger charge is 2.51. The van der Waals surface area contributed by atoms with Gasteiger partial charge in [0.15, 0.2) is 13.1 Å². The first kappa shape index (κ1) is 14.8. The van der Waals surface area contributed by atoms with Crippen LogP contribution in [0.5, 0.6) is 0 Å². The molecule has 1 saturated heterocycles. The smallest absolute Gasteiger partial charge is 0.360 e. The number of nitrogens with zero attached hydrogens (tertiary/aromatic N) is 2. The summed E-state index contributed by atoms with van der Waals surface area (Å²) in [5, 5.41) is 17.3. The second-order valence-electron chi connectivity index (χ2n) is 4.23. The quantitative estimate of drug-likeness (QED) is 0.560. The van der Waals surface area contributed by atoms with Crippen LogP contribution in [0.4, 0.5) is 0 Å². The molecule has 1 atom stereocenters. The number of piperazine rings is 1. The van der Waals surface area contributed by atoms with E-state index in [1.165, 1.54) is 0 Å². The van der Waals surface area contributed by atoms with Gasteiger partial charge in [0.1, 0.15) is 13.1 Å². The molecule has 3 amide bonds. The highest BCUT2D eigenvalue weighted by atomic mass is 16.4. The average Bonchev–Trinajstić information content (AvgIpc) is 2.23. The van der Waals surface area contributed by atoms with Gasteiger partial charge in [-0.15, -0.1) is 0 Å². The van der Waals surface area contributed by atoms with E-state index in [0.29, 0.717) is 0 Å². The first-order chi connectivity index (χ1) is 8.69. The molecule has 0 aromatic heterocycles. The molecule has 1 aliphatic heterocycles. The molecular weight excluding hydrogens is 260 g/mol. The van der Waals surface area contributed by atoms with Crippen LogP contribution in [0, 0.1) is 0 Å². The Balaban J connectivity index is 3.03. The molecule has 9 heteroatoms. The van der Waals surface area contributed by atoms with Crippen LogP contribution >= 0.6 is 0 Å². The van der Waals surface area contributed by atoms with Crippen LogP contribution in [0.3, 0.4) is 0 Å². The number of carbonyl (C=O) groups excluding carboxylic acids is 3. The van der Waals surface area contributed by atoms with E-state index in [1.807, 2.05) is 0 Å². The normalized spacial score (nSPS) is 23.3. The fourth-order valence-electron chi connectivity index (χ4n) is 1.89. The number of carboxylic acid groups (broad SMARTS) is 2. The van der Waals surface area contributed by atoms with E-state index >= 15 is 0 Å². The van der Waals surface area contributed by atoms with Gasteiger partial charge in [0, 0.05) is 0 Å². The van der Waals surface area contributed by atoms with E-state index in [-0.39, 0.29) is 0 Å². The summed E-state index contributed by atoms with van der Waals surface area (Å²) in [5.74, 6) is -4.96. The number of amides is 3. The van der Waals surface area contributed by atoms with E-state index in [9.17, 15) is 24.0 Å². The van der Waals surface area contributed by atoms with Crippen LogP contribution in [0.15, 0.2) is 0 Å². The Kier molecular flexibility index (Phi) is 4.00. The van der Waals surface area contributed by atoms with Gasteiger partial charge in [0.05, 0.1) is 6.92 Å². The van der Waals surface area contributed by atoms with E-state index in [1.54, 1.807) is 0 Å². The van der Waals surface area contributed by atoms with Crippen molar-refractivity contribution in [3.05, 3.63) is 0 Å². The maximum absolute atomic E-state index is 11.9. The summed E-state index contributed by atoms with van der Waals surface area (Å²) in [7, 11) is 0. The molecule has 1 rings (SSSR count). The molecule has 104 valence electrons. The van der Waals surface area contributed by atoms with Gasteiger partial charge in [0.25, 0.3) is 5.91 Å². The Morgan fingerprint density at radius 3 is 2.21 bits per heavy atom. The summed E-state index contributed by atoms with van der Waals surface area (Å²) in [4.78, 5) is 57.3. The number of carbonyl (C=O) groups is 5. The minimum atomic E-state index is -1.39. The summed E-state index contributed by atoms with van der Waals surface area (Å²) in [6, 6.07) is 0. The van der Waals surface area contributed by atoms with Crippen molar-refractivity contribution in [1.29, 1.82) is 0 Å². The Hall–Kier alpha value is -2.29. The molecular formula is C10H13N2O7+. The van der Waals surface area contributed by atoms with Crippen molar-refractivity contribution in [1.82, 2.24) is 4.90 Å². The molecule has 0 bridgehead atoms. The molecule has 0 aliphatic carbocycles. The molecule has 0 aromatic carbocycles. The van der Waals surface area contributed by atoms with Crippen molar-refractivity contribution in [3.8, 4) is 0 Å². The van der Waals surface area contributed by atoms with Crippen LogP contribution in [0.2, 0.25) is 0 Å². The number of quaternary nitrogens is 1. The second kappa shape index (κ2) is 5.14. The number of hydrogen-bond acceptors (Lipinski definition) is 5. The van der Waals surface area contributed by atoms with E-state index in [0.717, 1.165) is 11.8 Å². The maximum Gasteiger partial charge on any atom is 0.360 e. The van der Waals surface area contributed by atoms with E-state index in [2.05, 4.69) is 0 Å². The van der Waals surface area contributed by atoms with E-state index in [4.69, 9.17) is 10.2 Å². The number of hydrogen-bond donors (Lipinski definition) is 2. The van der Waals surface area contributed by atoms with Gasteiger partial charge in [-0.25, -0.2) is 14.4 Å². The maximum atomic E-state index is 11.9. The number of aliphatic carboxylic acids is 2. The number of imide groups is 1. The fraction of sp³-hybridized carbons (Fsp3) is 0.500. The average molecular weight is 273 g/mol. The number of rotatable bonds is 4. The van der Waals surface area contributed by atoms with Gasteiger partial charge < -0.3 is 15.1 Å². The number of carboxylic acids is 2. The minimum Gasteiger partial charge on any atom is -0.480 e. The van der Waals surface area contributed by atoms with Gasteiger partial charge in [-0.1, -0.05) is 0 Å². The molecule has 1 fully saturated rings. The van der Waals surface area contributed by atoms with Crippen LogP contribution < -0.4 is 0 Å². The summed E-state index contributed by atoms with van der Waals surface area (Å²) in [6.07, 6.45) is 0. The standard InChI is InChI=1S/C10H12N2O7/c1-6(13)12(5-10(18)19)4-7(14)11(2-8(12)15)3-9(16)17/h2-5H2,1H3,(H-,16,17,18,19)/p+1. The first-order valence-corrected chi connectivity index (χ1v) is 5.32. The van der Waals surface area contributed by atoms with Crippen LogP contribution in [0.25, 0.3) is 0 Å². The Morgan fingerprint density at radius 1 is 1.21 bits per heavy atom. The molecule has 19 heavy (non-hydrogen) atoms. The van der Waals surface area contributed by atoms with Crippen molar-refractivity contribution < 1.29 is 38.7 Å².